The fraction of sp³-hybridized carbons (Fsp3) is 0.500. The molecule has 50 valence electrons. The van der Waals surface area contributed by atoms with Gasteiger partial charge in [-0.2, -0.15) is 0 Å². The van der Waals surface area contributed by atoms with Crippen LogP contribution in [0.2, 0.25) is 0 Å². The van der Waals surface area contributed by atoms with E-state index in [4.69, 9.17) is 0 Å². The summed E-state index contributed by atoms with van der Waals surface area (Å²) < 4.78 is 4.61. The molecule has 1 saturated heterocycles. The van der Waals surface area contributed by atoms with Crippen LogP contribution in [0.4, 0.5) is 4.79 Å². The molecule has 1 atom stereocenters. The first-order valence-electron chi connectivity index (χ1n) is 2.89. The second-order valence-corrected chi connectivity index (χ2v) is 1.91. The molecule has 1 rings (SSSR count). The number of alkyl carbamates (subject to hydrolysis) is 1. The molecule has 0 aliphatic carbocycles. The molecule has 3 heteroatoms. The van der Waals surface area contributed by atoms with Crippen LogP contribution in [0.5, 0.6) is 0 Å². The average Bonchev–Trinajstić information content (AvgIpc) is 1.88. The number of rotatable bonds is 1. The molecular weight excluding hydrogens is 118 g/mol. The van der Waals surface area contributed by atoms with Crippen LogP contribution in [-0.2, 0) is 4.74 Å². The molecule has 0 aromatic heterocycles. The maximum atomic E-state index is 10.5. The molecule has 1 amide bonds. The van der Waals surface area contributed by atoms with Gasteiger partial charge in [0, 0.05) is 6.42 Å². The first kappa shape index (κ1) is 6.13. The minimum Gasteiger partial charge on any atom is -0.449 e. The van der Waals surface area contributed by atoms with Crippen molar-refractivity contribution >= 4 is 6.09 Å². The highest BCUT2D eigenvalue weighted by Gasteiger charge is 2.14. The van der Waals surface area contributed by atoms with Crippen molar-refractivity contribution in [3.63, 3.8) is 0 Å². The lowest BCUT2D eigenvalue weighted by Crippen LogP contribution is -2.39. The summed E-state index contributed by atoms with van der Waals surface area (Å²) in [5.74, 6) is 0. The molecule has 0 bridgehead atoms. The Labute approximate surface area is 53.7 Å². The quantitative estimate of drug-likeness (QED) is 0.526. The van der Waals surface area contributed by atoms with Crippen LogP contribution in [0.15, 0.2) is 12.7 Å². The monoisotopic (exact) mass is 127 g/mol. The minimum atomic E-state index is -0.342. The number of nitrogens with one attached hydrogen (secondary N) is 1. The molecule has 1 aliphatic rings. The standard InChI is InChI=1S/C6H9NO2/c1-2-5-3-4-9-6(8)7-5/h2,5H,1,3-4H2,(H,7,8). The second-order valence-electron chi connectivity index (χ2n) is 1.91. The van der Waals surface area contributed by atoms with Crippen molar-refractivity contribution in [1.29, 1.82) is 0 Å². The Morgan fingerprint density at radius 3 is 3.11 bits per heavy atom. The molecule has 0 spiro atoms. The number of hydrogen-bond acceptors (Lipinski definition) is 2. The number of amides is 1. The fourth-order valence-electron chi connectivity index (χ4n) is 0.721. The average molecular weight is 127 g/mol. The molecule has 0 aromatic rings. The summed E-state index contributed by atoms with van der Waals surface area (Å²) in [6, 6.07) is 0.103. The summed E-state index contributed by atoms with van der Waals surface area (Å²) in [5.41, 5.74) is 0. The van der Waals surface area contributed by atoms with Crippen LogP contribution < -0.4 is 5.32 Å². The third kappa shape index (κ3) is 1.45. The molecule has 1 fully saturated rings. The number of carbonyl (C=O) groups excluding carboxylic acids is 1. The van der Waals surface area contributed by atoms with E-state index in [-0.39, 0.29) is 12.1 Å². The highest BCUT2D eigenvalue weighted by molar-refractivity contribution is 5.68. The van der Waals surface area contributed by atoms with Crippen molar-refractivity contribution in [2.24, 2.45) is 0 Å². The van der Waals surface area contributed by atoms with E-state index in [0.29, 0.717) is 6.61 Å². The van der Waals surface area contributed by atoms with Gasteiger partial charge in [-0.3, -0.25) is 0 Å². The Morgan fingerprint density at radius 1 is 1.89 bits per heavy atom. The zero-order valence-corrected chi connectivity index (χ0v) is 5.09. The van der Waals surface area contributed by atoms with E-state index in [0.717, 1.165) is 6.42 Å². The summed E-state index contributed by atoms with van der Waals surface area (Å²) in [7, 11) is 0. The van der Waals surface area contributed by atoms with E-state index >= 15 is 0 Å². The third-order valence-corrected chi connectivity index (χ3v) is 1.25. The molecular formula is C6H9NO2. The van der Waals surface area contributed by atoms with Gasteiger partial charge < -0.3 is 10.1 Å². The molecule has 9 heavy (non-hydrogen) atoms. The van der Waals surface area contributed by atoms with Gasteiger partial charge in [-0.15, -0.1) is 6.58 Å². The topological polar surface area (TPSA) is 38.3 Å². The predicted octanol–water partition coefficient (Wildman–Crippen LogP) is 0.671. The zero-order chi connectivity index (χ0) is 6.69. The summed E-state index contributed by atoms with van der Waals surface area (Å²) in [5, 5.41) is 2.59. The molecule has 1 unspecified atom stereocenters. The van der Waals surface area contributed by atoms with Crippen molar-refractivity contribution in [2.75, 3.05) is 6.61 Å². The zero-order valence-electron chi connectivity index (χ0n) is 5.09. The molecule has 0 aromatic carbocycles. The number of hydrogen-bond donors (Lipinski definition) is 1. The smallest absolute Gasteiger partial charge is 0.407 e. The predicted molar refractivity (Wildman–Crippen MR) is 33.1 cm³/mol. The van der Waals surface area contributed by atoms with Crippen molar-refractivity contribution in [2.45, 2.75) is 12.5 Å². The van der Waals surface area contributed by atoms with E-state index < -0.39 is 0 Å². The lowest BCUT2D eigenvalue weighted by Gasteiger charge is -2.19. The minimum absolute atomic E-state index is 0.103. The summed E-state index contributed by atoms with van der Waals surface area (Å²) in [6.45, 7) is 4.05. The summed E-state index contributed by atoms with van der Waals surface area (Å²) in [6.07, 6.45) is 2.20. The Morgan fingerprint density at radius 2 is 2.67 bits per heavy atom. The maximum Gasteiger partial charge on any atom is 0.407 e. The molecule has 3 nitrogen and oxygen atoms in total. The van der Waals surface area contributed by atoms with E-state index in [1.165, 1.54) is 0 Å². The lowest BCUT2D eigenvalue weighted by molar-refractivity contribution is 0.121. The van der Waals surface area contributed by atoms with Gasteiger partial charge in [-0.25, -0.2) is 4.79 Å². The van der Waals surface area contributed by atoms with Gasteiger partial charge in [0.15, 0.2) is 0 Å². The van der Waals surface area contributed by atoms with Crippen LogP contribution in [0.25, 0.3) is 0 Å². The molecule has 1 heterocycles. The third-order valence-electron chi connectivity index (χ3n) is 1.25. The van der Waals surface area contributed by atoms with Crippen LogP contribution >= 0.6 is 0 Å². The lowest BCUT2D eigenvalue weighted by atomic mass is 10.2. The van der Waals surface area contributed by atoms with E-state index in [1.807, 2.05) is 0 Å². The van der Waals surface area contributed by atoms with Crippen LogP contribution in [-0.4, -0.2) is 18.7 Å². The van der Waals surface area contributed by atoms with Crippen molar-refractivity contribution < 1.29 is 9.53 Å². The van der Waals surface area contributed by atoms with Crippen LogP contribution in [0.1, 0.15) is 6.42 Å². The molecule has 1 N–H and O–H groups in total. The summed E-state index contributed by atoms with van der Waals surface area (Å²) >= 11 is 0. The normalized spacial score (nSPS) is 26.2. The first-order chi connectivity index (χ1) is 4.33. The number of carbonyl (C=O) groups is 1. The van der Waals surface area contributed by atoms with Gasteiger partial charge in [0.25, 0.3) is 0 Å². The van der Waals surface area contributed by atoms with Crippen molar-refractivity contribution in [3.05, 3.63) is 12.7 Å². The van der Waals surface area contributed by atoms with Crippen LogP contribution in [0, 0.1) is 0 Å². The first-order valence-corrected chi connectivity index (χ1v) is 2.89. The van der Waals surface area contributed by atoms with Gasteiger partial charge in [0.05, 0.1) is 12.6 Å². The maximum absolute atomic E-state index is 10.5. The molecule has 1 aliphatic heterocycles. The van der Waals surface area contributed by atoms with Gasteiger partial charge >= 0.3 is 6.09 Å². The Kier molecular flexibility index (Phi) is 1.72. The second kappa shape index (κ2) is 2.53. The molecule has 0 radical (unpaired) electrons. The van der Waals surface area contributed by atoms with E-state index in [1.54, 1.807) is 6.08 Å². The largest absolute Gasteiger partial charge is 0.449 e. The van der Waals surface area contributed by atoms with Gasteiger partial charge in [-0.1, -0.05) is 6.08 Å². The van der Waals surface area contributed by atoms with Gasteiger partial charge in [0.1, 0.15) is 0 Å². The van der Waals surface area contributed by atoms with E-state index in [2.05, 4.69) is 16.6 Å². The Bertz CT molecular complexity index is 133. The number of ether oxygens (including phenoxy) is 1. The number of cyclic esters (lactones) is 1. The van der Waals surface area contributed by atoms with Crippen molar-refractivity contribution in [1.82, 2.24) is 5.32 Å². The summed E-state index contributed by atoms with van der Waals surface area (Å²) in [4.78, 5) is 10.5. The van der Waals surface area contributed by atoms with Crippen molar-refractivity contribution in [3.8, 4) is 0 Å². The van der Waals surface area contributed by atoms with Gasteiger partial charge in [0.2, 0.25) is 0 Å². The Hall–Kier alpha value is -0.990. The fourth-order valence-corrected chi connectivity index (χ4v) is 0.721. The highest BCUT2D eigenvalue weighted by Crippen LogP contribution is 2.00. The SMILES string of the molecule is C=CC1CCOC(=O)N1. The van der Waals surface area contributed by atoms with Gasteiger partial charge in [-0.05, 0) is 0 Å². The van der Waals surface area contributed by atoms with Crippen LogP contribution in [0.3, 0.4) is 0 Å². The van der Waals surface area contributed by atoms with E-state index in [9.17, 15) is 4.79 Å². The Balaban J connectivity index is 2.40. The molecule has 0 saturated carbocycles. The highest BCUT2D eigenvalue weighted by atomic mass is 16.5.